The van der Waals surface area contributed by atoms with E-state index in [-0.39, 0.29) is 11.9 Å². The lowest BCUT2D eigenvalue weighted by Crippen LogP contribution is -2.14. The second-order valence-corrected chi connectivity index (χ2v) is 8.07. The molecule has 1 aliphatic rings. The molecule has 0 unspecified atom stereocenters. The van der Waals surface area contributed by atoms with Gasteiger partial charge in [-0.3, -0.25) is 4.79 Å². The molecule has 1 heterocycles. The van der Waals surface area contributed by atoms with Gasteiger partial charge in [-0.25, -0.2) is 4.79 Å². The first-order valence-electron chi connectivity index (χ1n) is 8.75. The van der Waals surface area contributed by atoms with Crippen LogP contribution >= 0.6 is 34.5 Å². The predicted molar refractivity (Wildman–Crippen MR) is 111 cm³/mol. The van der Waals surface area contributed by atoms with E-state index in [1.807, 2.05) is 0 Å². The molecule has 1 amide bonds. The van der Waals surface area contributed by atoms with E-state index in [1.165, 1.54) is 17.4 Å². The van der Waals surface area contributed by atoms with Crippen LogP contribution in [0.15, 0.2) is 24.3 Å². The smallest absolute Gasteiger partial charge is 0.341 e. The van der Waals surface area contributed by atoms with Crippen molar-refractivity contribution in [2.75, 3.05) is 11.9 Å². The summed E-state index contributed by atoms with van der Waals surface area (Å²) in [5, 5.41) is 4.38. The number of rotatable bonds is 5. The van der Waals surface area contributed by atoms with Crippen molar-refractivity contribution < 1.29 is 14.3 Å². The SMILES string of the molecule is CCOC(=O)c1c(NC(=O)/C=C/c2ccc(Cl)cc2Cl)sc2c1CCCC2. The zero-order chi connectivity index (χ0) is 19.4. The van der Waals surface area contributed by atoms with Crippen LogP contribution in [0.25, 0.3) is 6.08 Å². The largest absolute Gasteiger partial charge is 0.462 e. The molecule has 1 aromatic carbocycles. The highest BCUT2D eigenvalue weighted by Gasteiger charge is 2.26. The summed E-state index contributed by atoms with van der Waals surface area (Å²) >= 11 is 13.5. The third-order valence-electron chi connectivity index (χ3n) is 4.26. The second-order valence-electron chi connectivity index (χ2n) is 6.12. The van der Waals surface area contributed by atoms with Crippen LogP contribution in [0.5, 0.6) is 0 Å². The summed E-state index contributed by atoms with van der Waals surface area (Å²) in [5.41, 5.74) is 2.21. The van der Waals surface area contributed by atoms with Gasteiger partial charge in [0, 0.05) is 21.0 Å². The van der Waals surface area contributed by atoms with E-state index >= 15 is 0 Å². The van der Waals surface area contributed by atoms with Gasteiger partial charge in [0.25, 0.3) is 0 Å². The van der Waals surface area contributed by atoms with Crippen LogP contribution in [0.1, 0.15) is 46.1 Å². The summed E-state index contributed by atoms with van der Waals surface area (Å²) in [6.07, 6.45) is 6.91. The van der Waals surface area contributed by atoms with Crippen LogP contribution < -0.4 is 5.32 Å². The lowest BCUT2D eigenvalue weighted by atomic mass is 9.95. The van der Waals surface area contributed by atoms with Gasteiger partial charge in [-0.2, -0.15) is 0 Å². The Bertz CT molecular complexity index is 905. The predicted octanol–water partition coefficient (Wildman–Crippen LogP) is 5.76. The number of halogens is 2. The van der Waals surface area contributed by atoms with Gasteiger partial charge in [0.1, 0.15) is 5.00 Å². The van der Waals surface area contributed by atoms with E-state index in [4.69, 9.17) is 27.9 Å². The lowest BCUT2D eigenvalue weighted by molar-refractivity contribution is -0.111. The monoisotopic (exact) mass is 423 g/mol. The van der Waals surface area contributed by atoms with Crippen LogP contribution in [-0.2, 0) is 22.4 Å². The fraction of sp³-hybridized carbons (Fsp3) is 0.300. The van der Waals surface area contributed by atoms with E-state index in [0.29, 0.717) is 32.8 Å². The summed E-state index contributed by atoms with van der Waals surface area (Å²) in [7, 11) is 0. The normalized spacial score (nSPS) is 13.4. The highest BCUT2D eigenvalue weighted by Crippen LogP contribution is 2.38. The average Bonchev–Trinajstić information content (AvgIpc) is 2.99. The quantitative estimate of drug-likeness (QED) is 0.490. The fourth-order valence-corrected chi connectivity index (χ4v) is 4.78. The van der Waals surface area contributed by atoms with Gasteiger partial charge in [-0.05, 0) is 61.9 Å². The molecule has 7 heteroatoms. The van der Waals surface area contributed by atoms with Crippen molar-refractivity contribution in [1.29, 1.82) is 0 Å². The zero-order valence-corrected chi connectivity index (χ0v) is 17.1. The molecule has 1 N–H and O–H groups in total. The number of benzene rings is 1. The van der Waals surface area contributed by atoms with Gasteiger partial charge >= 0.3 is 5.97 Å². The Hall–Kier alpha value is -1.82. The molecule has 3 rings (SSSR count). The van der Waals surface area contributed by atoms with Crippen LogP contribution in [-0.4, -0.2) is 18.5 Å². The second kappa shape index (κ2) is 8.91. The van der Waals surface area contributed by atoms with E-state index < -0.39 is 0 Å². The van der Waals surface area contributed by atoms with Crippen molar-refractivity contribution in [2.45, 2.75) is 32.6 Å². The van der Waals surface area contributed by atoms with Gasteiger partial charge in [-0.1, -0.05) is 29.3 Å². The average molecular weight is 424 g/mol. The van der Waals surface area contributed by atoms with Crippen LogP contribution in [0.3, 0.4) is 0 Å². The molecule has 0 aliphatic heterocycles. The van der Waals surface area contributed by atoms with Gasteiger partial charge in [0.15, 0.2) is 0 Å². The van der Waals surface area contributed by atoms with Crippen LogP contribution in [0, 0.1) is 0 Å². The molecule has 0 spiro atoms. The zero-order valence-electron chi connectivity index (χ0n) is 14.8. The first-order valence-corrected chi connectivity index (χ1v) is 10.3. The molecule has 0 saturated heterocycles. The summed E-state index contributed by atoms with van der Waals surface area (Å²) in [4.78, 5) is 26.0. The van der Waals surface area contributed by atoms with Crippen molar-refractivity contribution in [2.24, 2.45) is 0 Å². The lowest BCUT2D eigenvalue weighted by Gasteiger charge is -2.12. The van der Waals surface area contributed by atoms with Crippen molar-refractivity contribution in [1.82, 2.24) is 0 Å². The van der Waals surface area contributed by atoms with Crippen molar-refractivity contribution >= 4 is 57.5 Å². The number of aryl methyl sites for hydroxylation is 1. The van der Waals surface area contributed by atoms with Crippen molar-refractivity contribution in [3.63, 3.8) is 0 Å². The number of anilines is 1. The highest BCUT2D eigenvalue weighted by atomic mass is 35.5. The van der Waals surface area contributed by atoms with Crippen LogP contribution in [0.4, 0.5) is 5.00 Å². The van der Waals surface area contributed by atoms with Crippen LogP contribution in [0.2, 0.25) is 10.0 Å². The fourth-order valence-electron chi connectivity index (χ4n) is 3.03. The number of nitrogens with one attached hydrogen (secondary N) is 1. The van der Waals surface area contributed by atoms with E-state index in [0.717, 1.165) is 36.1 Å². The minimum atomic E-state index is -0.378. The molecule has 4 nitrogen and oxygen atoms in total. The minimum absolute atomic E-state index is 0.297. The summed E-state index contributed by atoms with van der Waals surface area (Å²) in [6, 6.07) is 5.06. The van der Waals surface area contributed by atoms with E-state index in [2.05, 4.69) is 5.32 Å². The number of esters is 1. The molecule has 0 fully saturated rings. The Kier molecular flexibility index (Phi) is 6.58. The number of amides is 1. The Morgan fingerprint density at radius 2 is 2.04 bits per heavy atom. The number of ether oxygens (including phenoxy) is 1. The summed E-state index contributed by atoms with van der Waals surface area (Å²) in [6.45, 7) is 2.07. The number of fused-ring (bicyclic) bond motifs is 1. The molecule has 142 valence electrons. The standard InChI is InChI=1S/C20H19Cl2NO3S/c1-2-26-20(25)18-14-5-3-4-6-16(14)27-19(18)23-17(24)10-8-12-7-9-13(21)11-15(12)22/h7-11H,2-6H2,1H3,(H,23,24)/b10-8+. The third-order valence-corrected chi connectivity index (χ3v) is 6.03. The Balaban J connectivity index is 1.82. The maximum Gasteiger partial charge on any atom is 0.341 e. The molecule has 0 radical (unpaired) electrons. The first kappa shape index (κ1) is 19.9. The number of hydrogen-bond donors (Lipinski definition) is 1. The minimum Gasteiger partial charge on any atom is -0.462 e. The Labute approximate surface area is 172 Å². The Morgan fingerprint density at radius 3 is 2.78 bits per heavy atom. The molecule has 1 aromatic heterocycles. The van der Waals surface area contributed by atoms with Gasteiger partial charge < -0.3 is 10.1 Å². The molecule has 27 heavy (non-hydrogen) atoms. The summed E-state index contributed by atoms with van der Waals surface area (Å²) in [5.74, 6) is -0.706. The highest BCUT2D eigenvalue weighted by molar-refractivity contribution is 7.17. The Morgan fingerprint density at radius 1 is 1.26 bits per heavy atom. The first-order chi connectivity index (χ1) is 13.0. The number of thiophene rings is 1. The maximum absolute atomic E-state index is 12.4. The van der Waals surface area contributed by atoms with Crippen molar-refractivity contribution in [3.8, 4) is 0 Å². The molecule has 0 bridgehead atoms. The van der Waals surface area contributed by atoms with Crippen molar-refractivity contribution in [3.05, 3.63) is 55.9 Å². The molecule has 0 saturated carbocycles. The molecular formula is C20H19Cl2NO3S. The maximum atomic E-state index is 12.4. The molecule has 2 aromatic rings. The number of carbonyl (C=O) groups is 2. The molecule has 1 aliphatic carbocycles. The topological polar surface area (TPSA) is 55.4 Å². The van der Waals surface area contributed by atoms with E-state index in [1.54, 1.807) is 31.2 Å². The summed E-state index contributed by atoms with van der Waals surface area (Å²) < 4.78 is 5.20. The van der Waals surface area contributed by atoms with Gasteiger partial charge in [-0.15, -0.1) is 11.3 Å². The van der Waals surface area contributed by atoms with Gasteiger partial charge in [0.2, 0.25) is 5.91 Å². The van der Waals surface area contributed by atoms with E-state index in [9.17, 15) is 9.59 Å². The third kappa shape index (κ3) is 4.72. The van der Waals surface area contributed by atoms with Gasteiger partial charge in [0.05, 0.1) is 12.2 Å². The number of carbonyl (C=O) groups excluding carboxylic acids is 2. The molecular weight excluding hydrogens is 405 g/mol. The molecule has 0 atom stereocenters. The number of hydrogen-bond acceptors (Lipinski definition) is 4.